The summed E-state index contributed by atoms with van der Waals surface area (Å²) in [7, 11) is 0. The third kappa shape index (κ3) is 4.27. The Bertz CT molecular complexity index is 502. The monoisotopic (exact) mass is 349 g/mol. The van der Waals surface area contributed by atoms with E-state index in [1.54, 1.807) is 0 Å². The number of rotatable bonds is 5. The fourth-order valence-electron chi connectivity index (χ4n) is 4.53. The molecular weight excluding hydrogens is 318 g/mol. The number of hydrogen-bond donors (Lipinski definition) is 2. The quantitative estimate of drug-likeness (QED) is 0.796. The van der Waals surface area contributed by atoms with Crippen LogP contribution in [0.3, 0.4) is 0 Å². The maximum Gasteiger partial charge on any atom is 0.317 e. The van der Waals surface area contributed by atoms with Gasteiger partial charge in [0.05, 0.1) is 18.1 Å². The molecular formula is C19H31N3O3. The molecule has 4 aliphatic rings. The molecule has 140 valence electrons. The van der Waals surface area contributed by atoms with Crippen molar-refractivity contribution in [1.82, 2.24) is 15.5 Å². The number of hydrogen-bond acceptors (Lipinski definition) is 3. The first kappa shape index (κ1) is 17.1. The van der Waals surface area contributed by atoms with Gasteiger partial charge in [-0.15, -0.1) is 0 Å². The van der Waals surface area contributed by atoms with Gasteiger partial charge < -0.3 is 20.3 Å². The van der Waals surface area contributed by atoms with E-state index in [0.29, 0.717) is 24.9 Å². The maximum absolute atomic E-state index is 12.5. The lowest BCUT2D eigenvalue weighted by atomic mass is 9.89. The molecule has 0 aromatic rings. The van der Waals surface area contributed by atoms with E-state index in [-0.39, 0.29) is 30.1 Å². The van der Waals surface area contributed by atoms with Crippen LogP contribution >= 0.6 is 0 Å². The zero-order valence-corrected chi connectivity index (χ0v) is 15.0. The van der Waals surface area contributed by atoms with Gasteiger partial charge in [0.1, 0.15) is 0 Å². The number of carbonyl (C=O) groups excluding carboxylic acids is 2. The van der Waals surface area contributed by atoms with Crippen LogP contribution in [0, 0.1) is 17.8 Å². The van der Waals surface area contributed by atoms with E-state index in [9.17, 15) is 9.59 Å². The second kappa shape index (κ2) is 7.52. The van der Waals surface area contributed by atoms with Crippen LogP contribution < -0.4 is 10.6 Å². The summed E-state index contributed by atoms with van der Waals surface area (Å²) in [5, 5.41) is 6.19. The van der Waals surface area contributed by atoms with E-state index >= 15 is 0 Å². The first-order valence-corrected chi connectivity index (χ1v) is 10.1. The van der Waals surface area contributed by atoms with Gasteiger partial charge in [-0.05, 0) is 43.9 Å². The Kier molecular flexibility index (Phi) is 5.15. The Balaban J connectivity index is 1.24. The van der Waals surface area contributed by atoms with Gasteiger partial charge in [0, 0.05) is 26.2 Å². The lowest BCUT2D eigenvalue weighted by Gasteiger charge is -2.33. The Morgan fingerprint density at radius 2 is 1.64 bits per heavy atom. The standard InChI is InChI=1S/C19H31N3O3/c23-18(20-9-14-6-7-14)16-8-15-11-22(12-17(16)25-15)19(24)21-10-13-4-2-1-3-5-13/h13-17H,1-12H2,(H,20,23)(H,21,24)/t15-,16+,17-/m0/s1. The normalized spacial score (nSPS) is 32.5. The van der Waals surface area contributed by atoms with E-state index < -0.39 is 0 Å². The Morgan fingerprint density at radius 1 is 0.920 bits per heavy atom. The molecule has 2 saturated carbocycles. The molecule has 0 radical (unpaired) electrons. The van der Waals surface area contributed by atoms with Gasteiger partial charge in [-0.3, -0.25) is 4.79 Å². The van der Waals surface area contributed by atoms with Gasteiger partial charge in [0.2, 0.25) is 5.91 Å². The Morgan fingerprint density at radius 3 is 2.40 bits per heavy atom. The van der Waals surface area contributed by atoms with Gasteiger partial charge in [-0.2, -0.15) is 0 Å². The fourth-order valence-corrected chi connectivity index (χ4v) is 4.53. The highest BCUT2D eigenvalue weighted by Crippen LogP contribution is 2.33. The highest BCUT2D eigenvalue weighted by atomic mass is 16.5. The number of ether oxygens (including phenoxy) is 1. The van der Waals surface area contributed by atoms with E-state index in [0.717, 1.165) is 19.5 Å². The van der Waals surface area contributed by atoms with Crippen LogP contribution in [0.25, 0.3) is 0 Å². The molecule has 25 heavy (non-hydrogen) atoms. The highest BCUT2D eigenvalue weighted by molar-refractivity contribution is 5.80. The molecule has 2 bridgehead atoms. The van der Waals surface area contributed by atoms with E-state index in [1.165, 1.54) is 44.9 Å². The maximum atomic E-state index is 12.5. The second-order valence-electron chi connectivity index (χ2n) is 8.42. The molecule has 2 saturated heterocycles. The highest BCUT2D eigenvalue weighted by Gasteiger charge is 2.45. The van der Waals surface area contributed by atoms with Gasteiger partial charge in [-0.25, -0.2) is 4.79 Å². The van der Waals surface area contributed by atoms with Crippen molar-refractivity contribution in [2.45, 2.75) is 63.6 Å². The van der Waals surface area contributed by atoms with Crippen LogP contribution in [0.4, 0.5) is 4.79 Å². The number of fused-ring (bicyclic) bond motifs is 2. The van der Waals surface area contributed by atoms with Crippen LogP contribution in [0.1, 0.15) is 51.4 Å². The van der Waals surface area contributed by atoms with Crippen molar-refractivity contribution in [2.24, 2.45) is 17.8 Å². The SMILES string of the molecule is O=C(NCC1CC1)[C@@H]1C[C@H]2CN(C(=O)NCC3CCCCC3)C[C@@H]1O2. The fraction of sp³-hybridized carbons (Fsp3) is 0.895. The molecule has 6 nitrogen and oxygen atoms in total. The van der Waals surface area contributed by atoms with Crippen LogP contribution in [0.15, 0.2) is 0 Å². The zero-order chi connectivity index (χ0) is 17.2. The summed E-state index contributed by atoms with van der Waals surface area (Å²) < 4.78 is 5.95. The summed E-state index contributed by atoms with van der Waals surface area (Å²) in [6, 6.07) is 0.0166. The first-order valence-electron chi connectivity index (χ1n) is 10.1. The number of likely N-dealkylation sites (tertiary alicyclic amines) is 1. The van der Waals surface area contributed by atoms with E-state index in [1.807, 2.05) is 4.90 Å². The molecule has 2 heterocycles. The van der Waals surface area contributed by atoms with Crippen LogP contribution in [-0.2, 0) is 9.53 Å². The molecule has 0 spiro atoms. The molecule has 3 atom stereocenters. The number of nitrogens with one attached hydrogen (secondary N) is 2. The average Bonchev–Trinajstić information content (AvgIpc) is 3.42. The summed E-state index contributed by atoms with van der Waals surface area (Å²) in [5.41, 5.74) is 0. The largest absolute Gasteiger partial charge is 0.370 e. The summed E-state index contributed by atoms with van der Waals surface area (Å²) in [4.78, 5) is 26.8. The predicted octanol–water partition coefficient (Wildman–Crippen LogP) is 1.89. The van der Waals surface area contributed by atoms with Crippen LogP contribution in [0.5, 0.6) is 0 Å². The van der Waals surface area contributed by atoms with Crippen molar-refractivity contribution in [2.75, 3.05) is 26.2 Å². The topological polar surface area (TPSA) is 70.7 Å². The van der Waals surface area contributed by atoms with Gasteiger partial charge in [0.15, 0.2) is 0 Å². The lowest BCUT2D eigenvalue weighted by molar-refractivity contribution is -0.127. The number of amides is 3. The molecule has 4 fully saturated rings. The zero-order valence-electron chi connectivity index (χ0n) is 15.0. The number of nitrogens with zero attached hydrogens (tertiary/aromatic N) is 1. The minimum Gasteiger partial charge on any atom is -0.370 e. The van der Waals surface area contributed by atoms with Crippen molar-refractivity contribution in [3.05, 3.63) is 0 Å². The van der Waals surface area contributed by atoms with Crippen LogP contribution in [-0.4, -0.2) is 55.2 Å². The van der Waals surface area contributed by atoms with Gasteiger partial charge in [-0.1, -0.05) is 19.3 Å². The van der Waals surface area contributed by atoms with Gasteiger partial charge >= 0.3 is 6.03 Å². The molecule has 0 unspecified atom stereocenters. The smallest absolute Gasteiger partial charge is 0.317 e. The predicted molar refractivity (Wildman–Crippen MR) is 94.0 cm³/mol. The average molecular weight is 349 g/mol. The van der Waals surface area contributed by atoms with Crippen molar-refractivity contribution < 1.29 is 14.3 Å². The van der Waals surface area contributed by atoms with Crippen molar-refractivity contribution in [3.63, 3.8) is 0 Å². The molecule has 3 amide bonds. The van der Waals surface area contributed by atoms with Crippen molar-refractivity contribution in [1.29, 1.82) is 0 Å². The minimum absolute atomic E-state index is 0.0101. The number of morpholine rings is 1. The third-order valence-electron chi connectivity index (χ3n) is 6.31. The Hall–Kier alpha value is -1.30. The summed E-state index contributed by atoms with van der Waals surface area (Å²) in [6.07, 6.45) is 9.48. The first-order chi connectivity index (χ1) is 12.2. The summed E-state index contributed by atoms with van der Waals surface area (Å²) >= 11 is 0. The molecule has 6 heteroatoms. The molecule has 2 aliphatic carbocycles. The lowest BCUT2D eigenvalue weighted by Crippen LogP contribution is -2.51. The molecule has 0 aromatic heterocycles. The molecule has 0 aromatic carbocycles. The third-order valence-corrected chi connectivity index (χ3v) is 6.31. The summed E-state index contributed by atoms with van der Waals surface area (Å²) in [6.45, 7) is 2.74. The molecule has 2 aliphatic heterocycles. The van der Waals surface area contributed by atoms with E-state index in [2.05, 4.69) is 10.6 Å². The Labute approximate surface area is 150 Å². The van der Waals surface area contributed by atoms with E-state index in [4.69, 9.17) is 4.74 Å². The van der Waals surface area contributed by atoms with Gasteiger partial charge in [0.25, 0.3) is 0 Å². The van der Waals surface area contributed by atoms with Crippen molar-refractivity contribution in [3.8, 4) is 0 Å². The minimum atomic E-state index is -0.140. The number of carbonyl (C=O) groups is 2. The molecule has 4 rings (SSSR count). The molecule has 2 N–H and O–H groups in total. The van der Waals surface area contributed by atoms with Crippen LogP contribution in [0.2, 0.25) is 0 Å². The summed E-state index contributed by atoms with van der Waals surface area (Å²) in [5.74, 6) is 1.34. The number of urea groups is 1. The second-order valence-corrected chi connectivity index (χ2v) is 8.42. The van der Waals surface area contributed by atoms with Crippen molar-refractivity contribution >= 4 is 11.9 Å².